The Morgan fingerprint density at radius 2 is 1.72 bits per heavy atom. The van der Waals surface area contributed by atoms with Crippen LogP contribution < -0.4 is 5.32 Å². The molecule has 2 aliphatic rings. The van der Waals surface area contributed by atoms with E-state index >= 15 is 0 Å². The zero-order valence-electron chi connectivity index (χ0n) is 16.4. The number of rotatable bonds is 4. The third-order valence-electron chi connectivity index (χ3n) is 5.72. The Kier molecular flexibility index (Phi) is 6.04. The quantitative estimate of drug-likeness (QED) is 0.834. The van der Waals surface area contributed by atoms with Gasteiger partial charge >= 0.3 is 6.03 Å². The minimum absolute atomic E-state index is 0.0646. The third kappa shape index (κ3) is 4.72. The number of halogens is 1. The molecule has 3 heterocycles. The lowest BCUT2D eigenvalue weighted by molar-refractivity contribution is -0.135. The first-order chi connectivity index (χ1) is 14.1. The van der Waals surface area contributed by atoms with Crippen LogP contribution in [0.1, 0.15) is 31.2 Å². The lowest BCUT2D eigenvalue weighted by atomic mass is 9.95. The second kappa shape index (κ2) is 8.86. The van der Waals surface area contributed by atoms with Gasteiger partial charge in [0.2, 0.25) is 5.91 Å². The molecule has 0 atom stereocenters. The second-order valence-electron chi connectivity index (χ2n) is 7.72. The topological polar surface area (TPSA) is 70.5 Å². The Balaban J connectivity index is 1.24. The molecule has 0 spiro atoms. The molecule has 1 N–H and O–H groups in total. The average Bonchev–Trinajstić information content (AvgIpc) is 3.44. The predicted molar refractivity (Wildman–Crippen MR) is 111 cm³/mol. The Bertz CT molecular complexity index is 852. The molecule has 4 rings (SSSR count). The monoisotopic (exact) mass is 415 g/mol. The Labute approximate surface area is 175 Å². The van der Waals surface area contributed by atoms with E-state index in [9.17, 15) is 9.59 Å². The predicted octanol–water partition coefficient (Wildman–Crippen LogP) is 3.07. The summed E-state index contributed by atoms with van der Waals surface area (Å²) < 4.78 is 1.76. The number of hydrogen-bond acceptors (Lipinski definition) is 3. The summed E-state index contributed by atoms with van der Waals surface area (Å²) in [5, 5.41) is 7.98. The molecular weight excluding hydrogens is 390 g/mol. The zero-order valence-corrected chi connectivity index (χ0v) is 17.1. The van der Waals surface area contributed by atoms with E-state index in [0.29, 0.717) is 24.7 Å². The summed E-state index contributed by atoms with van der Waals surface area (Å²) in [4.78, 5) is 28.8. The van der Waals surface area contributed by atoms with Gasteiger partial charge in [-0.05, 0) is 49.9 Å². The molecule has 0 aliphatic carbocycles. The van der Waals surface area contributed by atoms with E-state index in [2.05, 4.69) is 10.4 Å². The summed E-state index contributed by atoms with van der Waals surface area (Å²) in [6.07, 6.45) is 7.36. The van der Waals surface area contributed by atoms with E-state index in [1.807, 2.05) is 35.4 Å². The van der Waals surface area contributed by atoms with E-state index in [4.69, 9.17) is 11.6 Å². The van der Waals surface area contributed by atoms with Crippen LogP contribution in [0.4, 0.5) is 4.79 Å². The fraction of sp³-hybridized carbons (Fsp3) is 0.476. The van der Waals surface area contributed by atoms with Crippen molar-refractivity contribution < 1.29 is 9.59 Å². The van der Waals surface area contributed by atoms with E-state index < -0.39 is 0 Å². The highest BCUT2D eigenvalue weighted by Crippen LogP contribution is 2.22. The molecule has 1 aromatic carbocycles. The number of benzene rings is 1. The average molecular weight is 416 g/mol. The molecule has 0 saturated carbocycles. The maximum absolute atomic E-state index is 12.5. The highest BCUT2D eigenvalue weighted by atomic mass is 35.5. The van der Waals surface area contributed by atoms with Crippen LogP contribution in [0, 0.1) is 5.92 Å². The van der Waals surface area contributed by atoms with Gasteiger partial charge < -0.3 is 15.1 Å². The van der Waals surface area contributed by atoms with Crippen molar-refractivity contribution in [3.05, 3.63) is 47.2 Å². The maximum atomic E-state index is 12.5. The number of piperidine rings is 1. The Morgan fingerprint density at radius 1 is 1.03 bits per heavy atom. The van der Waals surface area contributed by atoms with Gasteiger partial charge in [0.05, 0.1) is 11.9 Å². The van der Waals surface area contributed by atoms with Crippen LogP contribution in [-0.4, -0.2) is 57.7 Å². The van der Waals surface area contributed by atoms with Crippen molar-refractivity contribution >= 4 is 23.5 Å². The smallest absolute Gasteiger partial charge is 0.317 e. The van der Waals surface area contributed by atoms with Crippen LogP contribution >= 0.6 is 11.6 Å². The molecule has 2 aromatic rings. The minimum atomic E-state index is -0.0867. The molecule has 0 radical (unpaired) electrons. The van der Waals surface area contributed by atoms with Gasteiger partial charge in [-0.15, -0.1) is 0 Å². The number of amides is 3. The number of likely N-dealkylation sites (tertiary alicyclic amines) is 2. The number of hydrogen-bond donors (Lipinski definition) is 1. The molecule has 0 bridgehead atoms. The van der Waals surface area contributed by atoms with Crippen molar-refractivity contribution in [3.8, 4) is 5.69 Å². The van der Waals surface area contributed by atoms with Crippen molar-refractivity contribution in [1.29, 1.82) is 0 Å². The van der Waals surface area contributed by atoms with Crippen LogP contribution in [0.15, 0.2) is 36.7 Å². The Hall–Kier alpha value is -2.54. The highest BCUT2D eigenvalue weighted by molar-refractivity contribution is 6.30. The van der Waals surface area contributed by atoms with E-state index in [-0.39, 0.29) is 17.9 Å². The number of carbonyl (C=O) groups is 2. The van der Waals surface area contributed by atoms with Gasteiger partial charge in [-0.25, -0.2) is 9.48 Å². The first kappa shape index (κ1) is 19.8. The molecule has 29 heavy (non-hydrogen) atoms. The number of nitrogens with one attached hydrogen (secondary N) is 1. The van der Waals surface area contributed by atoms with E-state index in [1.54, 1.807) is 15.8 Å². The molecule has 2 saturated heterocycles. The normalized spacial score (nSPS) is 17.6. The summed E-state index contributed by atoms with van der Waals surface area (Å²) in [6.45, 7) is 3.45. The first-order valence-electron chi connectivity index (χ1n) is 10.2. The number of nitrogens with zero attached hydrogens (tertiary/aromatic N) is 4. The molecule has 154 valence electrons. The van der Waals surface area contributed by atoms with Crippen molar-refractivity contribution in [3.63, 3.8) is 0 Å². The molecule has 0 unspecified atom stereocenters. The van der Waals surface area contributed by atoms with Gasteiger partial charge in [0.1, 0.15) is 0 Å². The zero-order chi connectivity index (χ0) is 20.2. The number of urea groups is 1. The summed E-state index contributed by atoms with van der Waals surface area (Å²) in [6, 6.07) is 7.34. The number of carbonyl (C=O) groups excluding carboxylic acids is 2. The van der Waals surface area contributed by atoms with Crippen molar-refractivity contribution in [1.82, 2.24) is 24.9 Å². The molecule has 8 heteroatoms. The van der Waals surface area contributed by atoms with E-state index in [1.165, 1.54) is 0 Å². The van der Waals surface area contributed by atoms with Crippen molar-refractivity contribution in [2.45, 2.75) is 32.2 Å². The van der Waals surface area contributed by atoms with Gasteiger partial charge in [-0.1, -0.05) is 11.6 Å². The van der Waals surface area contributed by atoms with Crippen LogP contribution in [0.25, 0.3) is 5.69 Å². The molecule has 1 aromatic heterocycles. The highest BCUT2D eigenvalue weighted by Gasteiger charge is 2.31. The summed E-state index contributed by atoms with van der Waals surface area (Å²) >= 11 is 5.92. The van der Waals surface area contributed by atoms with Crippen LogP contribution in [-0.2, 0) is 11.3 Å². The van der Waals surface area contributed by atoms with E-state index in [0.717, 1.165) is 50.0 Å². The van der Waals surface area contributed by atoms with Crippen LogP contribution in [0.2, 0.25) is 5.02 Å². The third-order valence-corrected chi connectivity index (χ3v) is 5.97. The van der Waals surface area contributed by atoms with Gasteiger partial charge in [0, 0.05) is 55.4 Å². The van der Waals surface area contributed by atoms with Crippen LogP contribution in [0.5, 0.6) is 0 Å². The van der Waals surface area contributed by atoms with Crippen molar-refractivity contribution in [2.75, 3.05) is 26.2 Å². The largest absolute Gasteiger partial charge is 0.342 e. The Morgan fingerprint density at radius 3 is 2.41 bits per heavy atom. The fourth-order valence-corrected chi connectivity index (χ4v) is 4.13. The fourth-order valence-electron chi connectivity index (χ4n) is 4.00. The van der Waals surface area contributed by atoms with Gasteiger partial charge in [0.25, 0.3) is 0 Å². The summed E-state index contributed by atoms with van der Waals surface area (Å²) in [7, 11) is 0. The SMILES string of the molecule is O=C(NCc1cnn(-c2ccc(Cl)cc2)c1)N1CCC(C(=O)N2CCCC2)CC1. The summed E-state index contributed by atoms with van der Waals surface area (Å²) in [5.74, 6) is 0.340. The molecule has 7 nitrogen and oxygen atoms in total. The second-order valence-corrected chi connectivity index (χ2v) is 8.16. The van der Waals surface area contributed by atoms with Gasteiger partial charge in [0.15, 0.2) is 0 Å². The van der Waals surface area contributed by atoms with Gasteiger partial charge in [-0.2, -0.15) is 5.10 Å². The van der Waals surface area contributed by atoms with Crippen molar-refractivity contribution in [2.24, 2.45) is 5.92 Å². The molecular formula is C21H26ClN5O2. The van der Waals surface area contributed by atoms with Gasteiger partial charge in [-0.3, -0.25) is 4.79 Å². The lowest BCUT2D eigenvalue weighted by Crippen LogP contribution is -2.47. The first-order valence-corrected chi connectivity index (χ1v) is 10.6. The standard InChI is InChI=1S/C21H26ClN5O2/c22-18-3-5-19(6-4-18)27-15-16(14-24-27)13-23-21(29)26-11-7-17(8-12-26)20(28)25-9-1-2-10-25/h3-6,14-15,17H,1-2,7-13H2,(H,23,29). The molecule has 2 fully saturated rings. The summed E-state index contributed by atoms with van der Waals surface area (Å²) in [5.41, 5.74) is 1.84. The molecule has 3 amide bonds. The maximum Gasteiger partial charge on any atom is 0.317 e. The molecule has 2 aliphatic heterocycles. The minimum Gasteiger partial charge on any atom is -0.342 e. The number of aromatic nitrogens is 2. The lowest BCUT2D eigenvalue weighted by Gasteiger charge is -2.33. The van der Waals surface area contributed by atoms with Crippen LogP contribution in [0.3, 0.4) is 0 Å².